The summed E-state index contributed by atoms with van der Waals surface area (Å²) in [5.41, 5.74) is 2.91. The Morgan fingerprint density at radius 3 is 2.04 bits per heavy atom. The number of benzene rings is 2. The molecule has 2 aliphatic heterocycles. The van der Waals surface area contributed by atoms with Gasteiger partial charge in [-0.25, -0.2) is 4.39 Å². The molecule has 6 heteroatoms. The second kappa shape index (κ2) is 8.61. The van der Waals surface area contributed by atoms with Crippen LogP contribution in [0.4, 0.5) is 15.8 Å². The minimum Gasteiger partial charge on any atom is -0.378 e. The van der Waals surface area contributed by atoms with E-state index in [2.05, 4.69) is 34.1 Å². The van der Waals surface area contributed by atoms with Gasteiger partial charge in [0.15, 0.2) is 0 Å². The normalized spacial score (nSPS) is 17.7. The molecule has 2 aliphatic rings. The molecule has 148 valence electrons. The Hall–Kier alpha value is -2.60. The SMILES string of the molecule is O=C(Cc1ccccc1F)N1CCN(c2ccccc2N2CCOCC2)CC1. The van der Waals surface area contributed by atoms with E-state index in [1.165, 1.54) is 17.4 Å². The fourth-order valence-corrected chi connectivity index (χ4v) is 3.92. The molecule has 4 rings (SSSR count). The van der Waals surface area contributed by atoms with Crippen molar-refractivity contribution in [2.24, 2.45) is 0 Å². The monoisotopic (exact) mass is 383 g/mol. The lowest BCUT2D eigenvalue weighted by Gasteiger charge is -2.39. The molecule has 0 saturated carbocycles. The van der Waals surface area contributed by atoms with Crippen molar-refractivity contribution in [2.75, 3.05) is 62.3 Å². The van der Waals surface area contributed by atoms with Crippen molar-refractivity contribution < 1.29 is 13.9 Å². The Bertz CT molecular complexity index is 815. The highest BCUT2D eigenvalue weighted by Gasteiger charge is 2.24. The predicted octanol–water partition coefficient (Wildman–Crippen LogP) is 2.55. The largest absolute Gasteiger partial charge is 0.378 e. The van der Waals surface area contributed by atoms with Crippen LogP contribution < -0.4 is 9.80 Å². The smallest absolute Gasteiger partial charge is 0.227 e. The molecule has 0 aromatic heterocycles. The number of nitrogens with zero attached hydrogens (tertiary/aromatic N) is 3. The second-order valence-electron chi connectivity index (χ2n) is 7.22. The first-order valence-electron chi connectivity index (χ1n) is 9.90. The van der Waals surface area contributed by atoms with Gasteiger partial charge in [-0.3, -0.25) is 4.79 Å². The molecule has 2 fully saturated rings. The van der Waals surface area contributed by atoms with Crippen LogP contribution in [0.2, 0.25) is 0 Å². The molecule has 0 unspecified atom stereocenters. The van der Waals surface area contributed by atoms with Crippen molar-refractivity contribution in [3.8, 4) is 0 Å². The summed E-state index contributed by atoms with van der Waals surface area (Å²) in [6.45, 7) is 6.19. The summed E-state index contributed by atoms with van der Waals surface area (Å²) >= 11 is 0. The molecule has 2 aromatic rings. The lowest BCUT2D eigenvalue weighted by atomic mass is 10.1. The van der Waals surface area contributed by atoms with Crippen LogP contribution in [0.3, 0.4) is 0 Å². The Balaban J connectivity index is 1.39. The molecule has 0 bridgehead atoms. The van der Waals surface area contributed by atoms with Crippen molar-refractivity contribution in [3.63, 3.8) is 0 Å². The van der Waals surface area contributed by atoms with Gasteiger partial charge >= 0.3 is 0 Å². The number of rotatable bonds is 4. The average Bonchev–Trinajstić information content (AvgIpc) is 2.76. The fraction of sp³-hybridized carbons (Fsp3) is 0.409. The number of carbonyl (C=O) groups is 1. The predicted molar refractivity (Wildman–Crippen MR) is 108 cm³/mol. The molecule has 28 heavy (non-hydrogen) atoms. The summed E-state index contributed by atoms with van der Waals surface area (Å²) in [6.07, 6.45) is 0.122. The highest BCUT2D eigenvalue weighted by Crippen LogP contribution is 2.30. The number of piperazine rings is 1. The van der Waals surface area contributed by atoms with Crippen LogP contribution in [0.15, 0.2) is 48.5 Å². The van der Waals surface area contributed by atoms with E-state index < -0.39 is 0 Å². The number of halogens is 1. The maximum Gasteiger partial charge on any atom is 0.227 e. The van der Waals surface area contributed by atoms with E-state index in [0.717, 1.165) is 39.4 Å². The third kappa shape index (κ3) is 4.12. The molecule has 2 aromatic carbocycles. The Labute approximate surface area is 165 Å². The maximum atomic E-state index is 13.8. The van der Waals surface area contributed by atoms with Crippen LogP contribution in [0, 0.1) is 5.82 Å². The molecule has 0 spiro atoms. The van der Waals surface area contributed by atoms with Gasteiger partial charge in [-0.2, -0.15) is 0 Å². The summed E-state index contributed by atoms with van der Waals surface area (Å²) in [5, 5.41) is 0. The first-order valence-corrected chi connectivity index (χ1v) is 9.90. The van der Waals surface area contributed by atoms with E-state index >= 15 is 0 Å². The van der Waals surface area contributed by atoms with Gasteiger partial charge in [-0.15, -0.1) is 0 Å². The Kier molecular flexibility index (Phi) is 5.76. The van der Waals surface area contributed by atoms with Crippen molar-refractivity contribution in [2.45, 2.75) is 6.42 Å². The Morgan fingerprint density at radius 1 is 0.821 bits per heavy atom. The maximum absolute atomic E-state index is 13.8. The van der Waals surface area contributed by atoms with Gasteiger partial charge in [0.1, 0.15) is 5.82 Å². The molecule has 0 atom stereocenters. The van der Waals surface area contributed by atoms with Gasteiger partial charge in [0.05, 0.1) is 31.0 Å². The third-order valence-corrected chi connectivity index (χ3v) is 5.51. The number of para-hydroxylation sites is 2. The molecular weight excluding hydrogens is 357 g/mol. The first-order chi connectivity index (χ1) is 13.7. The summed E-state index contributed by atoms with van der Waals surface area (Å²) in [6, 6.07) is 15.0. The topological polar surface area (TPSA) is 36.0 Å². The average molecular weight is 383 g/mol. The zero-order chi connectivity index (χ0) is 19.3. The molecular formula is C22H26FN3O2. The number of anilines is 2. The summed E-state index contributed by atoms with van der Waals surface area (Å²) in [4.78, 5) is 19.2. The minimum absolute atomic E-state index is 0.00813. The number of ether oxygens (including phenoxy) is 1. The summed E-state index contributed by atoms with van der Waals surface area (Å²) in [5.74, 6) is -0.319. The number of hydrogen-bond donors (Lipinski definition) is 0. The molecule has 2 saturated heterocycles. The molecule has 0 aliphatic carbocycles. The van der Waals surface area contributed by atoms with Gasteiger partial charge in [0, 0.05) is 39.3 Å². The van der Waals surface area contributed by atoms with E-state index in [-0.39, 0.29) is 18.1 Å². The van der Waals surface area contributed by atoms with Crippen LogP contribution in [0.5, 0.6) is 0 Å². The van der Waals surface area contributed by atoms with E-state index in [9.17, 15) is 9.18 Å². The van der Waals surface area contributed by atoms with Crippen molar-refractivity contribution in [3.05, 3.63) is 59.9 Å². The van der Waals surface area contributed by atoms with Crippen LogP contribution >= 0.6 is 0 Å². The fourth-order valence-electron chi connectivity index (χ4n) is 3.92. The number of carbonyl (C=O) groups excluding carboxylic acids is 1. The standard InChI is InChI=1S/C22H26FN3O2/c23-19-6-2-1-5-18(19)17-22(27)26-11-9-24(10-12-26)20-7-3-4-8-21(20)25-13-15-28-16-14-25/h1-8H,9-17H2. The van der Waals surface area contributed by atoms with E-state index in [1.807, 2.05) is 4.90 Å². The second-order valence-corrected chi connectivity index (χ2v) is 7.22. The quantitative estimate of drug-likeness (QED) is 0.813. The zero-order valence-electron chi connectivity index (χ0n) is 16.0. The van der Waals surface area contributed by atoms with Crippen molar-refractivity contribution >= 4 is 17.3 Å². The third-order valence-electron chi connectivity index (χ3n) is 5.51. The van der Waals surface area contributed by atoms with Crippen LogP contribution in [0.1, 0.15) is 5.56 Å². The molecule has 1 amide bonds. The van der Waals surface area contributed by atoms with Gasteiger partial charge < -0.3 is 19.4 Å². The number of amides is 1. The summed E-state index contributed by atoms with van der Waals surface area (Å²) < 4.78 is 19.3. The minimum atomic E-state index is -0.311. The number of hydrogen-bond acceptors (Lipinski definition) is 4. The van der Waals surface area contributed by atoms with E-state index in [1.54, 1.807) is 18.2 Å². The van der Waals surface area contributed by atoms with Crippen molar-refractivity contribution in [1.29, 1.82) is 0 Å². The first kappa shape index (κ1) is 18.7. The number of morpholine rings is 1. The molecule has 0 radical (unpaired) electrons. The van der Waals surface area contributed by atoms with E-state index in [0.29, 0.717) is 18.7 Å². The van der Waals surface area contributed by atoms with Crippen LogP contribution in [-0.4, -0.2) is 63.3 Å². The van der Waals surface area contributed by atoms with Crippen LogP contribution in [-0.2, 0) is 16.0 Å². The van der Waals surface area contributed by atoms with Crippen LogP contribution in [0.25, 0.3) is 0 Å². The van der Waals surface area contributed by atoms with Gasteiger partial charge in [-0.05, 0) is 23.8 Å². The molecule has 0 N–H and O–H groups in total. The Morgan fingerprint density at radius 2 is 1.39 bits per heavy atom. The lowest BCUT2D eigenvalue weighted by molar-refractivity contribution is -0.130. The van der Waals surface area contributed by atoms with Gasteiger partial charge in [0.25, 0.3) is 0 Å². The van der Waals surface area contributed by atoms with E-state index in [4.69, 9.17) is 4.74 Å². The van der Waals surface area contributed by atoms with Crippen molar-refractivity contribution in [1.82, 2.24) is 4.90 Å². The van der Waals surface area contributed by atoms with Gasteiger partial charge in [-0.1, -0.05) is 30.3 Å². The lowest BCUT2D eigenvalue weighted by Crippen LogP contribution is -2.49. The highest BCUT2D eigenvalue weighted by molar-refractivity contribution is 5.79. The van der Waals surface area contributed by atoms with Gasteiger partial charge in [0.2, 0.25) is 5.91 Å². The zero-order valence-corrected chi connectivity index (χ0v) is 16.0. The highest BCUT2D eigenvalue weighted by atomic mass is 19.1. The molecule has 2 heterocycles. The molecule has 5 nitrogen and oxygen atoms in total. The summed E-state index contributed by atoms with van der Waals surface area (Å²) in [7, 11) is 0.